The van der Waals surface area contributed by atoms with Crippen molar-refractivity contribution in [1.29, 1.82) is 0 Å². The van der Waals surface area contributed by atoms with Gasteiger partial charge in [0.2, 0.25) is 0 Å². The fourth-order valence-corrected chi connectivity index (χ4v) is 2.37. The van der Waals surface area contributed by atoms with Gasteiger partial charge in [0.1, 0.15) is 18.2 Å². The smallest absolute Gasteiger partial charge is 0.171 e. The molecule has 0 spiro atoms. The quantitative estimate of drug-likeness (QED) is 0.670. The SMILES string of the molecule is CN[N+]1(c2cnc(Cl)c(C)c2)CCCC1.Cl.Cl. The molecule has 1 fully saturated rings. The second-order valence-corrected chi connectivity index (χ2v) is 4.51. The van der Waals surface area contributed by atoms with Gasteiger partial charge < -0.3 is 0 Å². The van der Waals surface area contributed by atoms with Crippen molar-refractivity contribution in [3.8, 4) is 0 Å². The molecule has 0 aromatic carbocycles. The number of rotatable bonds is 2. The Hall–Kier alpha value is -0.0600. The van der Waals surface area contributed by atoms with E-state index in [-0.39, 0.29) is 24.8 Å². The first-order valence-electron chi connectivity index (χ1n) is 5.37. The Morgan fingerprint density at radius 3 is 2.35 bits per heavy atom. The first-order chi connectivity index (χ1) is 7.18. The van der Waals surface area contributed by atoms with Crippen LogP contribution in [0.3, 0.4) is 0 Å². The highest BCUT2D eigenvalue weighted by Gasteiger charge is 2.34. The second kappa shape index (κ2) is 6.76. The van der Waals surface area contributed by atoms with Gasteiger partial charge in [-0.25, -0.2) is 9.58 Å². The molecule has 98 valence electrons. The molecule has 1 aliphatic heterocycles. The van der Waals surface area contributed by atoms with Crippen LogP contribution in [-0.4, -0.2) is 25.1 Å². The monoisotopic (exact) mass is 298 g/mol. The van der Waals surface area contributed by atoms with Crippen molar-refractivity contribution < 1.29 is 0 Å². The zero-order valence-electron chi connectivity index (χ0n) is 10.1. The molecule has 0 bridgehead atoms. The summed E-state index contributed by atoms with van der Waals surface area (Å²) in [4.78, 5) is 4.23. The number of aromatic nitrogens is 1. The van der Waals surface area contributed by atoms with E-state index in [0.29, 0.717) is 5.15 Å². The average molecular weight is 300 g/mol. The highest BCUT2D eigenvalue weighted by atomic mass is 35.5. The maximum Gasteiger partial charge on any atom is 0.171 e. The molecule has 0 aliphatic carbocycles. The minimum atomic E-state index is 0. The fourth-order valence-electron chi connectivity index (χ4n) is 2.26. The third-order valence-electron chi connectivity index (χ3n) is 3.25. The molecule has 2 heterocycles. The highest BCUT2D eigenvalue weighted by Crippen LogP contribution is 2.28. The van der Waals surface area contributed by atoms with Crippen LogP contribution < -0.4 is 10.0 Å². The Labute approximate surface area is 120 Å². The van der Waals surface area contributed by atoms with Crippen LogP contribution in [-0.2, 0) is 0 Å². The van der Waals surface area contributed by atoms with E-state index in [4.69, 9.17) is 11.6 Å². The molecule has 0 amide bonds. The third kappa shape index (κ3) is 3.24. The normalized spacial score (nSPS) is 17.1. The number of halogens is 3. The Morgan fingerprint density at radius 1 is 1.29 bits per heavy atom. The number of aryl methyl sites for hydroxylation is 1. The molecule has 1 N–H and O–H groups in total. The zero-order chi connectivity index (χ0) is 10.9. The van der Waals surface area contributed by atoms with Crippen molar-refractivity contribution in [2.75, 3.05) is 20.1 Å². The third-order valence-corrected chi connectivity index (χ3v) is 3.65. The molecule has 0 unspecified atom stereocenters. The second-order valence-electron chi connectivity index (χ2n) is 4.15. The lowest BCUT2D eigenvalue weighted by atomic mass is 10.2. The van der Waals surface area contributed by atoms with Gasteiger partial charge in [-0.3, -0.25) is 0 Å². The van der Waals surface area contributed by atoms with Crippen LogP contribution in [0.5, 0.6) is 0 Å². The summed E-state index contributed by atoms with van der Waals surface area (Å²) in [6, 6.07) is 2.14. The van der Waals surface area contributed by atoms with Crippen LogP contribution in [0.1, 0.15) is 18.4 Å². The minimum Gasteiger partial charge on any atom is -0.238 e. The number of pyridine rings is 1. The van der Waals surface area contributed by atoms with Crippen LogP contribution in [0, 0.1) is 6.92 Å². The maximum absolute atomic E-state index is 5.94. The maximum atomic E-state index is 5.94. The topological polar surface area (TPSA) is 24.9 Å². The van der Waals surface area contributed by atoms with Gasteiger partial charge >= 0.3 is 0 Å². The number of hydrogen-bond acceptors (Lipinski definition) is 2. The molecule has 17 heavy (non-hydrogen) atoms. The predicted molar refractivity (Wildman–Crippen MR) is 78.3 cm³/mol. The molecule has 0 atom stereocenters. The van der Waals surface area contributed by atoms with Gasteiger partial charge in [-0.2, -0.15) is 5.43 Å². The number of nitrogens with one attached hydrogen (secondary N) is 1. The van der Waals surface area contributed by atoms with Crippen molar-refractivity contribution in [3.05, 3.63) is 23.0 Å². The predicted octanol–water partition coefficient (Wildman–Crippen LogP) is 3.12. The highest BCUT2D eigenvalue weighted by molar-refractivity contribution is 6.30. The zero-order valence-corrected chi connectivity index (χ0v) is 12.5. The van der Waals surface area contributed by atoms with E-state index in [1.165, 1.54) is 18.5 Å². The van der Waals surface area contributed by atoms with E-state index in [1.54, 1.807) is 0 Å². The minimum absolute atomic E-state index is 0. The van der Waals surface area contributed by atoms with Crippen molar-refractivity contribution in [2.45, 2.75) is 19.8 Å². The summed E-state index contributed by atoms with van der Waals surface area (Å²) in [6.07, 6.45) is 4.42. The van der Waals surface area contributed by atoms with Crippen molar-refractivity contribution in [1.82, 2.24) is 15.0 Å². The largest absolute Gasteiger partial charge is 0.238 e. The summed E-state index contributed by atoms with van der Waals surface area (Å²) < 4.78 is 0.838. The Morgan fingerprint density at radius 2 is 1.88 bits per heavy atom. The number of quaternary nitrogens is 1. The molecule has 1 aromatic heterocycles. The molecule has 0 saturated carbocycles. The van der Waals surface area contributed by atoms with E-state index < -0.39 is 0 Å². The molecule has 2 rings (SSSR count). The Kier molecular flexibility index (Phi) is 6.74. The van der Waals surface area contributed by atoms with Gasteiger partial charge in [0.05, 0.1) is 6.20 Å². The van der Waals surface area contributed by atoms with E-state index >= 15 is 0 Å². The molecule has 0 radical (unpaired) electrons. The summed E-state index contributed by atoms with van der Waals surface area (Å²) in [5, 5.41) is 0.604. The summed E-state index contributed by atoms with van der Waals surface area (Å²) in [5.41, 5.74) is 5.66. The lowest BCUT2D eigenvalue weighted by Crippen LogP contribution is -2.55. The van der Waals surface area contributed by atoms with E-state index in [1.807, 2.05) is 20.2 Å². The van der Waals surface area contributed by atoms with Crippen LogP contribution in [0.25, 0.3) is 0 Å². The molecule has 1 saturated heterocycles. The van der Waals surface area contributed by atoms with Gasteiger partial charge in [-0.15, -0.1) is 24.8 Å². The van der Waals surface area contributed by atoms with E-state index in [0.717, 1.165) is 23.2 Å². The first kappa shape index (κ1) is 16.9. The van der Waals surface area contributed by atoms with Gasteiger partial charge in [-0.1, -0.05) is 11.6 Å². The molecular formula is C11H19Cl3N3+. The van der Waals surface area contributed by atoms with Gasteiger partial charge in [0.15, 0.2) is 5.69 Å². The summed E-state index contributed by atoms with van der Waals surface area (Å²) in [6.45, 7) is 4.28. The van der Waals surface area contributed by atoms with Crippen molar-refractivity contribution in [3.63, 3.8) is 0 Å². The standard InChI is InChI=1S/C11H17ClN3.2ClH/c1-9-7-10(8-14-11(9)12)15(13-2)5-3-4-6-15;;/h7-8,13H,3-6H2,1-2H3;2*1H/q+1;;. The summed E-state index contributed by atoms with van der Waals surface area (Å²) in [5.74, 6) is 0. The van der Waals surface area contributed by atoms with E-state index in [2.05, 4.69) is 16.5 Å². The molecule has 1 aromatic rings. The number of nitrogens with zero attached hydrogens (tertiary/aromatic N) is 2. The van der Waals surface area contributed by atoms with E-state index in [9.17, 15) is 0 Å². The van der Waals surface area contributed by atoms with Gasteiger partial charge in [0, 0.05) is 26.0 Å². The first-order valence-corrected chi connectivity index (χ1v) is 5.74. The molecule has 6 heteroatoms. The summed E-state index contributed by atoms with van der Waals surface area (Å²) >= 11 is 5.94. The van der Waals surface area contributed by atoms with Crippen molar-refractivity contribution >= 4 is 42.1 Å². The lowest BCUT2D eigenvalue weighted by molar-refractivity contribution is 0.259. The molecule has 3 nitrogen and oxygen atoms in total. The molecule has 1 aliphatic rings. The van der Waals surface area contributed by atoms with Crippen LogP contribution >= 0.6 is 36.4 Å². The molecular weight excluding hydrogens is 281 g/mol. The lowest BCUT2D eigenvalue weighted by Gasteiger charge is -2.31. The number of hydrogen-bond donors (Lipinski definition) is 1. The van der Waals surface area contributed by atoms with Crippen LogP contribution in [0.15, 0.2) is 12.3 Å². The fraction of sp³-hybridized carbons (Fsp3) is 0.545. The Bertz CT molecular complexity index is 365. The van der Waals surface area contributed by atoms with Crippen molar-refractivity contribution in [2.24, 2.45) is 0 Å². The Balaban J connectivity index is 0.00000128. The average Bonchev–Trinajstić information content (AvgIpc) is 2.72. The van der Waals surface area contributed by atoms with Crippen LogP contribution in [0.2, 0.25) is 5.15 Å². The van der Waals surface area contributed by atoms with Gasteiger partial charge in [-0.05, 0) is 12.5 Å². The van der Waals surface area contributed by atoms with Crippen LogP contribution in [0.4, 0.5) is 5.69 Å². The van der Waals surface area contributed by atoms with Gasteiger partial charge in [0.25, 0.3) is 0 Å². The summed E-state index contributed by atoms with van der Waals surface area (Å²) in [7, 11) is 2.01.